The SMILES string of the molecule is N#Cc1ccc(NCCNc2nc(-c3ccc(C(F)(F)F)cc3C(F)(F)F)cc3nccn23)nc1. The summed E-state index contributed by atoms with van der Waals surface area (Å²) in [6.45, 7) is 0.611. The number of hydrogen-bond donors (Lipinski definition) is 2. The number of hydrogen-bond acceptors (Lipinski definition) is 6. The number of alkyl halides is 6. The molecule has 0 spiro atoms. The van der Waals surface area contributed by atoms with E-state index in [9.17, 15) is 26.3 Å². The monoisotopic (exact) mass is 491 g/mol. The fourth-order valence-electron chi connectivity index (χ4n) is 3.29. The fraction of sp³-hybridized carbons (Fsp3) is 0.182. The van der Waals surface area contributed by atoms with Crippen LogP contribution in [0.4, 0.5) is 38.1 Å². The zero-order chi connectivity index (χ0) is 25.2. The summed E-state index contributed by atoms with van der Waals surface area (Å²) in [5.74, 6) is 0.664. The highest BCUT2D eigenvalue weighted by Gasteiger charge is 2.38. The van der Waals surface area contributed by atoms with Crippen molar-refractivity contribution in [2.45, 2.75) is 12.4 Å². The highest BCUT2D eigenvalue weighted by molar-refractivity contribution is 5.70. The van der Waals surface area contributed by atoms with Gasteiger partial charge < -0.3 is 10.6 Å². The summed E-state index contributed by atoms with van der Waals surface area (Å²) < 4.78 is 81.5. The number of benzene rings is 1. The smallest absolute Gasteiger partial charge is 0.368 e. The lowest BCUT2D eigenvalue weighted by Gasteiger charge is -2.17. The summed E-state index contributed by atoms with van der Waals surface area (Å²) in [5, 5.41) is 14.8. The number of fused-ring (bicyclic) bond motifs is 1. The van der Waals surface area contributed by atoms with Crippen LogP contribution < -0.4 is 10.6 Å². The number of nitrogens with zero attached hydrogens (tertiary/aromatic N) is 5. The highest BCUT2D eigenvalue weighted by atomic mass is 19.4. The van der Waals surface area contributed by atoms with E-state index < -0.39 is 29.0 Å². The fourth-order valence-corrected chi connectivity index (χ4v) is 3.29. The van der Waals surface area contributed by atoms with Gasteiger partial charge >= 0.3 is 12.4 Å². The number of imidazole rings is 1. The highest BCUT2D eigenvalue weighted by Crippen LogP contribution is 2.40. The molecular formula is C22H15F6N7. The van der Waals surface area contributed by atoms with Crippen molar-refractivity contribution in [1.82, 2.24) is 19.4 Å². The second kappa shape index (κ2) is 9.13. The van der Waals surface area contributed by atoms with Crippen LogP contribution in [0.15, 0.2) is 55.0 Å². The number of rotatable bonds is 6. The third-order valence-corrected chi connectivity index (χ3v) is 4.92. The first-order chi connectivity index (χ1) is 16.6. The maximum absolute atomic E-state index is 13.7. The quantitative estimate of drug-likeness (QED) is 0.284. The lowest BCUT2D eigenvalue weighted by atomic mass is 10.0. The van der Waals surface area contributed by atoms with Crippen LogP contribution in [0.25, 0.3) is 16.9 Å². The van der Waals surface area contributed by atoms with Crippen molar-refractivity contribution < 1.29 is 26.3 Å². The number of anilines is 2. The Labute approximate surface area is 194 Å². The van der Waals surface area contributed by atoms with E-state index >= 15 is 0 Å². The number of aromatic nitrogens is 4. The molecule has 0 atom stereocenters. The van der Waals surface area contributed by atoms with Gasteiger partial charge in [-0.15, -0.1) is 0 Å². The van der Waals surface area contributed by atoms with Crippen LogP contribution in [-0.4, -0.2) is 32.4 Å². The standard InChI is InChI=1S/C22H15F6N7/c23-21(24,25)14-2-3-15(16(9-14)22(26,27)28)17-10-19-31-7-8-35(19)20(34-17)32-6-5-30-18-4-1-13(11-29)12-33-18/h1-4,7-10,12H,5-6H2,(H,30,33)(H,32,34). The van der Waals surface area contributed by atoms with Gasteiger partial charge in [0.25, 0.3) is 0 Å². The molecule has 2 N–H and O–H groups in total. The molecule has 0 amide bonds. The zero-order valence-electron chi connectivity index (χ0n) is 17.6. The Morgan fingerprint density at radius 3 is 2.34 bits per heavy atom. The first kappa shape index (κ1) is 23.8. The summed E-state index contributed by atoms with van der Waals surface area (Å²) in [5.41, 5.74) is -2.88. The predicted octanol–water partition coefficient (Wildman–Crippen LogP) is 5.22. The van der Waals surface area contributed by atoms with Gasteiger partial charge in [-0.25, -0.2) is 15.0 Å². The van der Waals surface area contributed by atoms with E-state index in [2.05, 4.69) is 25.6 Å². The van der Waals surface area contributed by atoms with Crippen molar-refractivity contribution in [2.24, 2.45) is 0 Å². The van der Waals surface area contributed by atoms with Crippen LogP contribution in [0.1, 0.15) is 16.7 Å². The summed E-state index contributed by atoms with van der Waals surface area (Å²) in [4.78, 5) is 12.4. The largest absolute Gasteiger partial charge is 0.417 e. The van der Waals surface area contributed by atoms with Gasteiger partial charge in [0, 0.05) is 43.3 Å². The number of nitriles is 1. The third kappa shape index (κ3) is 5.26. The van der Waals surface area contributed by atoms with E-state index in [1.54, 1.807) is 18.3 Å². The molecule has 4 rings (SSSR count). The molecule has 0 unspecified atom stereocenters. The predicted molar refractivity (Wildman–Crippen MR) is 114 cm³/mol. The van der Waals surface area contributed by atoms with Crippen LogP contribution in [0.2, 0.25) is 0 Å². The van der Waals surface area contributed by atoms with Gasteiger partial charge in [0.2, 0.25) is 5.95 Å². The number of halogens is 6. The molecule has 180 valence electrons. The number of pyridine rings is 1. The molecule has 3 aromatic heterocycles. The molecule has 1 aromatic carbocycles. The molecule has 0 radical (unpaired) electrons. The molecule has 0 bridgehead atoms. The van der Waals surface area contributed by atoms with E-state index in [0.29, 0.717) is 24.0 Å². The minimum absolute atomic E-state index is 0.0778. The molecule has 0 aliphatic carbocycles. The maximum atomic E-state index is 13.7. The minimum atomic E-state index is -5.04. The summed E-state index contributed by atoms with van der Waals surface area (Å²) in [6.07, 6.45) is -5.60. The minimum Gasteiger partial charge on any atom is -0.368 e. The third-order valence-electron chi connectivity index (χ3n) is 4.92. The van der Waals surface area contributed by atoms with Crippen molar-refractivity contribution in [3.8, 4) is 17.3 Å². The summed E-state index contributed by atoms with van der Waals surface area (Å²) in [6, 6.07) is 7.85. The molecule has 0 aliphatic rings. The zero-order valence-corrected chi connectivity index (χ0v) is 17.6. The first-order valence-electron chi connectivity index (χ1n) is 10.0. The van der Waals surface area contributed by atoms with Gasteiger partial charge in [0.15, 0.2) is 0 Å². The van der Waals surface area contributed by atoms with Gasteiger partial charge in [-0.2, -0.15) is 31.6 Å². The molecule has 4 aromatic rings. The van der Waals surface area contributed by atoms with E-state index in [4.69, 9.17) is 5.26 Å². The lowest BCUT2D eigenvalue weighted by Crippen LogP contribution is -2.17. The average Bonchev–Trinajstić information content (AvgIpc) is 3.29. The normalized spacial score (nSPS) is 11.9. The molecule has 0 saturated carbocycles. The van der Waals surface area contributed by atoms with Gasteiger partial charge in [0.05, 0.1) is 22.4 Å². The Morgan fingerprint density at radius 2 is 1.69 bits per heavy atom. The van der Waals surface area contributed by atoms with Crippen LogP contribution in [0.3, 0.4) is 0 Å². The van der Waals surface area contributed by atoms with Crippen molar-refractivity contribution >= 4 is 17.4 Å². The van der Waals surface area contributed by atoms with Crippen LogP contribution >= 0.6 is 0 Å². The molecule has 3 heterocycles. The van der Waals surface area contributed by atoms with E-state index in [0.717, 1.165) is 6.07 Å². The lowest BCUT2D eigenvalue weighted by molar-refractivity contribution is -0.142. The van der Waals surface area contributed by atoms with Crippen molar-refractivity contribution in [3.63, 3.8) is 0 Å². The molecule has 0 fully saturated rings. The average molecular weight is 491 g/mol. The number of nitrogens with one attached hydrogen (secondary N) is 2. The summed E-state index contributed by atoms with van der Waals surface area (Å²) in [7, 11) is 0. The maximum Gasteiger partial charge on any atom is 0.417 e. The van der Waals surface area contributed by atoms with Crippen molar-refractivity contribution in [1.29, 1.82) is 5.26 Å². The second-order valence-electron chi connectivity index (χ2n) is 7.27. The van der Waals surface area contributed by atoms with Crippen molar-refractivity contribution in [2.75, 3.05) is 23.7 Å². The second-order valence-corrected chi connectivity index (χ2v) is 7.27. The molecule has 13 heteroatoms. The topological polar surface area (TPSA) is 90.9 Å². The first-order valence-corrected chi connectivity index (χ1v) is 10.0. The van der Waals surface area contributed by atoms with Crippen LogP contribution in [0.5, 0.6) is 0 Å². The van der Waals surface area contributed by atoms with Crippen LogP contribution in [0, 0.1) is 11.3 Å². The van der Waals surface area contributed by atoms with E-state index in [1.807, 2.05) is 6.07 Å². The molecule has 7 nitrogen and oxygen atoms in total. The summed E-state index contributed by atoms with van der Waals surface area (Å²) >= 11 is 0. The molecule has 0 aliphatic heterocycles. The van der Waals surface area contributed by atoms with Gasteiger partial charge in [-0.05, 0) is 24.3 Å². The Bertz CT molecular complexity index is 1380. The Hall–Kier alpha value is -4.34. The van der Waals surface area contributed by atoms with Crippen LogP contribution in [-0.2, 0) is 12.4 Å². The van der Waals surface area contributed by atoms with Gasteiger partial charge in [-0.1, -0.05) is 6.07 Å². The Kier molecular flexibility index (Phi) is 6.21. The van der Waals surface area contributed by atoms with Gasteiger partial charge in [0.1, 0.15) is 17.5 Å². The van der Waals surface area contributed by atoms with E-state index in [1.165, 1.54) is 22.9 Å². The Balaban J connectivity index is 1.61. The van der Waals surface area contributed by atoms with Gasteiger partial charge in [-0.3, -0.25) is 4.40 Å². The molecule has 35 heavy (non-hydrogen) atoms. The molecular weight excluding hydrogens is 476 g/mol. The van der Waals surface area contributed by atoms with Crippen molar-refractivity contribution in [3.05, 3.63) is 71.7 Å². The Morgan fingerprint density at radius 1 is 0.914 bits per heavy atom. The van der Waals surface area contributed by atoms with E-state index in [-0.39, 0.29) is 29.9 Å². The molecule has 0 saturated heterocycles.